The lowest BCUT2D eigenvalue weighted by Crippen LogP contribution is -2.21. The third-order valence-electron chi connectivity index (χ3n) is 2.75. The van der Waals surface area contributed by atoms with Gasteiger partial charge < -0.3 is 4.74 Å². The molecule has 0 radical (unpaired) electrons. The fourth-order valence-electron chi connectivity index (χ4n) is 1.67. The van der Waals surface area contributed by atoms with Gasteiger partial charge in [-0.1, -0.05) is 34.5 Å². The van der Waals surface area contributed by atoms with Gasteiger partial charge in [0.2, 0.25) is 0 Å². The van der Waals surface area contributed by atoms with E-state index in [2.05, 4.69) is 28.9 Å². The first-order valence-electron chi connectivity index (χ1n) is 4.61. The SMILES string of the molecule is COC(=O)C1=C(C)C(C)C(Br)C=C1C. The van der Waals surface area contributed by atoms with Crippen LogP contribution in [-0.4, -0.2) is 17.9 Å². The van der Waals surface area contributed by atoms with Gasteiger partial charge in [-0.05, 0) is 25.3 Å². The minimum atomic E-state index is -0.234. The standard InChI is InChI=1S/C11H15BrO2/c1-6-5-9(12)7(2)8(3)10(6)11(13)14-4/h5,7,9H,1-4H3. The van der Waals surface area contributed by atoms with Crippen LogP contribution in [0.4, 0.5) is 0 Å². The third kappa shape index (κ3) is 1.92. The van der Waals surface area contributed by atoms with E-state index in [4.69, 9.17) is 4.74 Å². The largest absolute Gasteiger partial charge is 0.465 e. The first-order valence-corrected chi connectivity index (χ1v) is 5.52. The predicted molar refractivity (Wildman–Crippen MR) is 60.4 cm³/mol. The maximum Gasteiger partial charge on any atom is 0.338 e. The average molecular weight is 259 g/mol. The Kier molecular flexibility index (Phi) is 3.53. The van der Waals surface area contributed by atoms with E-state index < -0.39 is 0 Å². The highest BCUT2D eigenvalue weighted by Crippen LogP contribution is 2.33. The fraction of sp³-hybridized carbons (Fsp3) is 0.545. The molecule has 1 aliphatic carbocycles. The van der Waals surface area contributed by atoms with E-state index in [1.807, 2.05) is 13.8 Å². The summed E-state index contributed by atoms with van der Waals surface area (Å²) in [5, 5.41) is 0. The Morgan fingerprint density at radius 2 is 2.07 bits per heavy atom. The van der Waals surface area contributed by atoms with Crippen molar-refractivity contribution in [3.8, 4) is 0 Å². The second-order valence-corrected chi connectivity index (χ2v) is 4.69. The van der Waals surface area contributed by atoms with Gasteiger partial charge in [0.05, 0.1) is 12.7 Å². The highest BCUT2D eigenvalue weighted by Gasteiger charge is 2.26. The quantitative estimate of drug-likeness (QED) is 0.534. The summed E-state index contributed by atoms with van der Waals surface area (Å²) >= 11 is 3.57. The van der Waals surface area contributed by atoms with Gasteiger partial charge in [-0.15, -0.1) is 0 Å². The molecule has 2 unspecified atom stereocenters. The molecule has 0 aromatic carbocycles. The molecule has 0 fully saturated rings. The van der Waals surface area contributed by atoms with E-state index >= 15 is 0 Å². The molecule has 14 heavy (non-hydrogen) atoms. The lowest BCUT2D eigenvalue weighted by molar-refractivity contribution is -0.135. The van der Waals surface area contributed by atoms with E-state index in [0.29, 0.717) is 10.7 Å². The van der Waals surface area contributed by atoms with E-state index in [0.717, 1.165) is 16.7 Å². The molecule has 1 aliphatic rings. The number of carbonyl (C=O) groups excluding carboxylic acids is 1. The predicted octanol–water partition coefficient (Wildman–Crippen LogP) is 2.84. The molecule has 0 spiro atoms. The minimum Gasteiger partial charge on any atom is -0.465 e. The molecule has 0 heterocycles. The molecule has 0 saturated carbocycles. The van der Waals surface area contributed by atoms with Crippen molar-refractivity contribution < 1.29 is 9.53 Å². The Balaban J connectivity index is 3.13. The summed E-state index contributed by atoms with van der Waals surface area (Å²) in [5.41, 5.74) is 2.82. The van der Waals surface area contributed by atoms with E-state index in [-0.39, 0.29) is 5.97 Å². The summed E-state index contributed by atoms with van der Waals surface area (Å²) in [5.74, 6) is 0.107. The fourth-order valence-corrected chi connectivity index (χ4v) is 2.46. The van der Waals surface area contributed by atoms with Gasteiger partial charge >= 0.3 is 5.97 Å². The van der Waals surface area contributed by atoms with Crippen LogP contribution in [0.15, 0.2) is 22.8 Å². The van der Waals surface area contributed by atoms with Crippen molar-refractivity contribution in [3.63, 3.8) is 0 Å². The zero-order chi connectivity index (χ0) is 10.9. The van der Waals surface area contributed by atoms with Crippen molar-refractivity contribution >= 4 is 21.9 Å². The number of carbonyl (C=O) groups is 1. The van der Waals surface area contributed by atoms with E-state index in [1.165, 1.54) is 7.11 Å². The molecule has 2 atom stereocenters. The zero-order valence-corrected chi connectivity index (χ0v) is 10.5. The monoisotopic (exact) mass is 258 g/mol. The molecule has 0 aliphatic heterocycles. The summed E-state index contributed by atoms with van der Waals surface area (Å²) in [4.78, 5) is 11.8. The molecular formula is C11H15BrO2. The number of methoxy groups -OCH3 is 1. The topological polar surface area (TPSA) is 26.3 Å². The maximum absolute atomic E-state index is 11.5. The van der Waals surface area contributed by atoms with Gasteiger partial charge in [-0.3, -0.25) is 0 Å². The molecule has 0 amide bonds. The lowest BCUT2D eigenvalue weighted by Gasteiger charge is -2.25. The number of esters is 1. The van der Waals surface area contributed by atoms with Crippen molar-refractivity contribution in [2.45, 2.75) is 25.6 Å². The second kappa shape index (κ2) is 4.30. The van der Waals surface area contributed by atoms with Gasteiger partial charge in [0.25, 0.3) is 0 Å². The first kappa shape index (κ1) is 11.5. The molecule has 78 valence electrons. The number of halogens is 1. The number of allylic oxidation sites excluding steroid dienone is 2. The Bertz CT molecular complexity index is 315. The Labute approximate surface area is 93.1 Å². The molecule has 3 heteroatoms. The molecule has 2 nitrogen and oxygen atoms in total. The van der Waals surface area contributed by atoms with Crippen molar-refractivity contribution in [1.29, 1.82) is 0 Å². The summed E-state index contributed by atoms with van der Waals surface area (Å²) in [6.45, 7) is 6.03. The Morgan fingerprint density at radius 1 is 1.50 bits per heavy atom. The van der Waals surface area contributed by atoms with Gasteiger partial charge in [-0.25, -0.2) is 4.79 Å². The highest BCUT2D eigenvalue weighted by atomic mass is 79.9. The van der Waals surface area contributed by atoms with Crippen molar-refractivity contribution in [3.05, 3.63) is 22.8 Å². The molecular weight excluding hydrogens is 244 g/mol. The first-order chi connectivity index (χ1) is 6.49. The molecule has 0 bridgehead atoms. The second-order valence-electron chi connectivity index (χ2n) is 3.63. The number of hydrogen-bond donors (Lipinski definition) is 0. The van der Waals surface area contributed by atoms with Crippen LogP contribution >= 0.6 is 15.9 Å². The van der Waals surface area contributed by atoms with Crippen molar-refractivity contribution in [2.24, 2.45) is 5.92 Å². The van der Waals surface area contributed by atoms with Gasteiger partial charge in [0, 0.05) is 4.83 Å². The van der Waals surface area contributed by atoms with Crippen LogP contribution in [0.5, 0.6) is 0 Å². The van der Waals surface area contributed by atoms with Gasteiger partial charge in [0.15, 0.2) is 0 Å². The van der Waals surface area contributed by atoms with Crippen LogP contribution < -0.4 is 0 Å². The normalized spacial score (nSPS) is 27.4. The average Bonchev–Trinajstić information content (AvgIpc) is 2.14. The molecule has 0 aromatic rings. The van der Waals surface area contributed by atoms with Gasteiger partial charge in [0.1, 0.15) is 0 Å². The van der Waals surface area contributed by atoms with Crippen LogP contribution in [-0.2, 0) is 9.53 Å². The number of rotatable bonds is 1. The molecule has 0 N–H and O–H groups in total. The summed E-state index contributed by atoms with van der Waals surface area (Å²) in [6.07, 6.45) is 2.06. The number of alkyl halides is 1. The summed E-state index contributed by atoms with van der Waals surface area (Å²) in [7, 11) is 1.42. The summed E-state index contributed by atoms with van der Waals surface area (Å²) in [6, 6.07) is 0. The van der Waals surface area contributed by atoms with E-state index in [9.17, 15) is 4.79 Å². The van der Waals surface area contributed by atoms with Gasteiger partial charge in [-0.2, -0.15) is 0 Å². The number of hydrogen-bond acceptors (Lipinski definition) is 2. The van der Waals surface area contributed by atoms with Crippen molar-refractivity contribution in [1.82, 2.24) is 0 Å². The maximum atomic E-state index is 11.5. The van der Waals surface area contributed by atoms with Crippen LogP contribution in [0.2, 0.25) is 0 Å². The zero-order valence-electron chi connectivity index (χ0n) is 8.93. The Morgan fingerprint density at radius 3 is 2.57 bits per heavy atom. The Hall–Kier alpha value is -0.570. The minimum absolute atomic E-state index is 0.234. The molecule has 0 saturated heterocycles. The van der Waals surface area contributed by atoms with Crippen LogP contribution in [0, 0.1) is 5.92 Å². The molecule has 1 rings (SSSR count). The smallest absolute Gasteiger partial charge is 0.338 e. The lowest BCUT2D eigenvalue weighted by atomic mass is 9.85. The molecule has 0 aromatic heterocycles. The van der Waals surface area contributed by atoms with Crippen molar-refractivity contribution in [2.75, 3.05) is 7.11 Å². The third-order valence-corrected chi connectivity index (χ3v) is 3.81. The van der Waals surface area contributed by atoms with Crippen LogP contribution in [0.1, 0.15) is 20.8 Å². The van der Waals surface area contributed by atoms with Crippen LogP contribution in [0.25, 0.3) is 0 Å². The highest BCUT2D eigenvalue weighted by molar-refractivity contribution is 9.09. The number of ether oxygens (including phenoxy) is 1. The van der Waals surface area contributed by atoms with E-state index in [1.54, 1.807) is 0 Å². The summed E-state index contributed by atoms with van der Waals surface area (Å²) < 4.78 is 4.76. The van der Waals surface area contributed by atoms with Crippen LogP contribution in [0.3, 0.4) is 0 Å².